The Morgan fingerprint density at radius 3 is 3.06 bits per heavy atom. The number of aromatic nitrogens is 1. The summed E-state index contributed by atoms with van der Waals surface area (Å²) in [5.41, 5.74) is -0.155. The molecule has 0 spiro atoms. The van der Waals surface area contributed by atoms with Crippen LogP contribution in [0.5, 0.6) is 0 Å². The van der Waals surface area contributed by atoms with E-state index in [2.05, 4.69) is 34.8 Å². The number of nitrogens with zero attached hydrogens (tertiary/aromatic N) is 1. The van der Waals surface area contributed by atoms with E-state index in [0.29, 0.717) is 6.61 Å². The van der Waals surface area contributed by atoms with Crippen LogP contribution in [0.3, 0.4) is 0 Å². The van der Waals surface area contributed by atoms with Gasteiger partial charge in [0, 0.05) is 17.4 Å². The fourth-order valence-corrected chi connectivity index (χ4v) is 3.67. The van der Waals surface area contributed by atoms with E-state index in [1.807, 2.05) is 5.38 Å². The molecule has 0 bridgehead atoms. The van der Waals surface area contributed by atoms with Gasteiger partial charge in [0.05, 0.1) is 12.7 Å². The predicted molar refractivity (Wildman–Crippen MR) is 67.8 cm³/mol. The van der Waals surface area contributed by atoms with E-state index in [9.17, 15) is 5.11 Å². The van der Waals surface area contributed by atoms with Crippen LogP contribution < -0.4 is 0 Å². The highest BCUT2D eigenvalue weighted by Gasteiger charge is 2.42. The number of rotatable bonds is 2. The Labute approximate surface area is 108 Å². The third kappa shape index (κ3) is 2.18. The van der Waals surface area contributed by atoms with Crippen molar-refractivity contribution in [2.24, 2.45) is 5.92 Å². The largest absolute Gasteiger partial charge is 0.396 e. The van der Waals surface area contributed by atoms with Gasteiger partial charge in [-0.2, -0.15) is 0 Å². The third-order valence-corrected chi connectivity index (χ3v) is 5.20. The highest BCUT2D eigenvalue weighted by Crippen LogP contribution is 2.41. The van der Waals surface area contributed by atoms with E-state index in [1.165, 1.54) is 0 Å². The number of aliphatic hydroxyl groups is 1. The van der Waals surface area contributed by atoms with Gasteiger partial charge in [0.25, 0.3) is 0 Å². The van der Waals surface area contributed by atoms with Crippen LogP contribution in [0.4, 0.5) is 0 Å². The number of aliphatic hydroxyl groups excluding tert-OH is 1. The molecule has 1 aromatic heterocycles. The van der Waals surface area contributed by atoms with Gasteiger partial charge in [0.2, 0.25) is 0 Å². The zero-order valence-electron chi connectivity index (χ0n) is 9.44. The molecule has 1 aliphatic heterocycles. The van der Waals surface area contributed by atoms with Crippen molar-refractivity contribution in [1.29, 1.82) is 0 Å². The van der Waals surface area contributed by atoms with Gasteiger partial charge < -0.3 is 9.84 Å². The molecular formula is C11H16BrNO2S. The maximum absolute atomic E-state index is 9.52. The Kier molecular flexibility index (Phi) is 3.69. The molecule has 0 radical (unpaired) electrons. The fraction of sp³-hybridized carbons (Fsp3) is 0.727. The zero-order chi connectivity index (χ0) is 11.8. The van der Waals surface area contributed by atoms with E-state index in [4.69, 9.17) is 4.74 Å². The van der Waals surface area contributed by atoms with Crippen LogP contribution in [0, 0.1) is 5.92 Å². The van der Waals surface area contributed by atoms with Crippen LogP contribution in [0.15, 0.2) is 9.98 Å². The van der Waals surface area contributed by atoms with Crippen molar-refractivity contribution in [3.05, 3.63) is 15.0 Å². The summed E-state index contributed by atoms with van der Waals surface area (Å²) in [5, 5.41) is 12.5. The Balaban J connectivity index is 2.28. The molecule has 90 valence electrons. The SMILES string of the molecule is C[C@H]1C[C@@H](CO)[C@](C)(c2nc(Br)cs2)CO1. The van der Waals surface area contributed by atoms with Gasteiger partial charge >= 0.3 is 0 Å². The van der Waals surface area contributed by atoms with Crippen molar-refractivity contribution in [1.82, 2.24) is 4.98 Å². The first-order valence-electron chi connectivity index (χ1n) is 5.40. The van der Waals surface area contributed by atoms with Crippen molar-refractivity contribution in [2.45, 2.75) is 31.8 Å². The van der Waals surface area contributed by atoms with Crippen LogP contribution in [0.2, 0.25) is 0 Å². The summed E-state index contributed by atoms with van der Waals surface area (Å²) in [5.74, 6) is 0.231. The minimum Gasteiger partial charge on any atom is -0.396 e. The molecule has 1 N–H and O–H groups in total. The van der Waals surface area contributed by atoms with Crippen LogP contribution in [0.1, 0.15) is 25.3 Å². The Morgan fingerprint density at radius 1 is 1.75 bits per heavy atom. The van der Waals surface area contributed by atoms with Crippen molar-refractivity contribution in [2.75, 3.05) is 13.2 Å². The topological polar surface area (TPSA) is 42.4 Å². The minimum atomic E-state index is -0.155. The van der Waals surface area contributed by atoms with Gasteiger partial charge in [-0.1, -0.05) is 6.92 Å². The van der Waals surface area contributed by atoms with E-state index in [0.717, 1.165) is 16.0 Å². The Morgan fingerprint density at radius 2 is 2.50 bits per heavy atom. The molecule has 0 amide bonds. The average molecular weight is 306 g/mol. The first-order valence-corrected chi connectivity index (χ1v) is 7.07. The molecule has 0 unspecified atom stereocenters. The molecule has 5 heteroatoms. The highest BCUT2D eigenvalue weighted by atomic mass is 79.9. The number of ether oxygens (including phenoxy) is 1. The van der Waals surface area contributed by atoms with Gasteiger partial charge in [-0.05, 0) is 35.2 Å². The second kappa shape index (κ2) is 4.72. The van der Waals surface area contributed by atoms with Crippen LogP contribution in [-0.2, 0) is 10.2 Å². The lowest BCUT2D eigenvalue weighted by Crippen LogP contribution is -2.45. The molecule has 1 saturated heterocycles. The Hall–Kier alpha value is 0.0300. The summed E-state index contributed by atoms with van der Waals surface area (Å²) in [6.45, 7) is 5.02. The molecule has 0 aliphatic carbocycles. The molecule has 1 aromatic rings. The van der Waals surface area contributed by atoms with Crippen molar-refractivity contribution >= 4 is 27.3 Å². The molecular weight excluding hydrogens is 290 g/mol. The van der Waals surface area contributed by atoms with Gasteiger partial charge in [0.1, 0.15) is 9.61 Å². The lowest BCUT2D eigenvalue weighted by Gasteiger charge is -2.41. The maximum Gasteiger partial charge on any atom is 0.117 e. The summed E-state index contributed by atoms with van der Waals surface area (Å²) < 4.78 is 6.59. The van der Waals surface area contributed by atoms with E-state index < -0.39 is 0 Å². The van der Waals surface area contributed by atoms with Gasteiger partial charge in [-0.15, -0.1) is 11.3 Å². The molecule has 16 heavy (non-hydrogen) atoms. The molecule has 1 aliphatic rings. The molecule has 3 atom stereocenters. The normalized spacial score (nSPS) is 35.2. The molecule has 2 rings (SSSR count). The third-order valence-electron chi connectivity index (χ3n) is 3.37. The quantitative estimate of drug-likeness (QED) is 0.913. The first kappa shape index (κ1) is 12.5. The monoisotopic (exact) mass is 305 g/mol. The lowest BCUT2D eigenvalue weighted by atomic mass is 9.74. The Bertz CT molecular complexity index is 371. The van der Waals surface area contributed by atoms with E-state index in [-0.39, 0.29) is 24.0 Å². The number of hydrogen-bond donors (Lipinski definition) is 1. The van der Waals surface area contributed by atoms with E-state index >= 15 is 0 Å². The average Bonchev–Trinajstić information content (AvgIpc) is 2.69. The maximum atomic E-state index is 9.52. The number of thiazole rings is 1. The summed E-state index contributed by atoms with van der Waals surface area (Å²) in [6, 6.07) is 0. The van der Waals surface area contributed by atoms with Gasteiger partial charge in [0.15, 0.2) is 0 Å². The molecule has 3 nitrogen and oxygen atoms in total. The second-order valence-electron chi connectivity index (χ2n) is 4.63. The molecule has 2 heterocycles. The number of halogens is 1. The van der Waals surface area contributed by atoms with Gasteiger partial charge in [-0.3, -0.25) is 0 Å². The van der Waals surface area contributed by atoms with Crippen molar-refractivity contribution < 1.29 is 9.84 Å². The standard InChI is InChI=1S/C11H16BrNO2S/c1-7-3-8(4-14)11(2,6-15-7)10-13-9(12)5-16-10/h5,7-8,14H,3-4,6H2,1-2H3/t7-,8-,11+/m0/s1. The second-order valence-corrected chi connectivity index (χ2v) is 6.30. The lowest BCUT2D eigenvalue weighted by molar-refractivity contribution is -0.0624. The summed E-state index contributed by atoms with van der Waals surface area (Å²) in [6.07, 6.45) is 1.12. The predicted octanol–water partition coefficient (Wildman–Crippen LogP) is 2.58. The minimum absolute atomic E-state index is 0.155. The fourth-order valence-electron chi connectivity index (χ4n) is 2.19. The molecule has 0 aromatic carbocycles. The van der Waals surface area contributed by atoms with Crippen LogP contribution in [0.25, 0.3) is 0 Å². The van der Waals surface area contributed by atoms with Crippen molar-refractivity contribution in [3.63, 3.8) is 0 Å². The zero-order valence-corrected chi connectivity index (χ0v) is 11.8. The summed E-state index contributed by atoms with van der Waals surface area (Å²) in [4.78, 5) is 4.47. The van der Waals surface area contributed by atoms with Crippen LogP contribution >= 0.6 is 27.3 Å². The smallest absolute Gasteiger partial charge is 0.117 e. The molecule has 0 saturated carbocycles. The van der Waals surface area contributed by atoms with E-state index in [1.54, 1.807) is 11.3 Å². The summed E-state index contributed by atoms with van der Waals surface area (Å²) in [7, 11) is 0. The highest BCUT2D eigenvalue weighted by molar-refractivity contribution is 9.10. The first-order chi connectivity index (χ1) is 7.56. The molecule has 1 fully saturated rings. The summed E-state index contributed by atoms with van der Waals surface area (Å²) >= 11 is 5.00. The van der Waals surface area contributed by atoms with Crippen molar-refractivity contribution in [3.8, 4) is 0 Å². The number of hydrogen-bond acceptors (Lipinski definition) is 4. The van der Waals surface area contributed by atoms with Crippen LogP contribution in [-0.4, -0.2) is 29.4 Å². The van der Waals surface area contributed by atoms with Gasteiger partial charge in [-0.25, -0.2) is 4.98 Å².